The van der Waals surface area contributed by atoms with Crippen molar-refractivity contribution in [1.29, 1.82) is 0 Å². The number of hydrogen-bond acceptors (Lipinski definition) is 5. The summed E-state index contributed by atoms with van der Waals surface area (Å²) < 4.78 is 5.36. The van der Waals surface area contributed by atoms with Gasteiger partial charge in [0.15, 0.2) is 0 Å². The van der Waals surface area contributed by atoms with Crippen LogP contribution in [0.1, 0.15) is 32.8 Å². The average Bonchev–Trinajstić information content (AvgIpc) is 3.43. The van der Waals surface area contributed by atoms with Crippen molar-refractivity contribution in [3.05, 3.63) is 77.1 Å². The van der Waals surface area contributed by atoms with E-state index in [4.69, 9.17) is 4.42 Å². The van der Waals surface area contributed by atoms with E-state index in [1.807, 2.05) is 50.2 Å². The number of carbonyl (C=O) groups excluding carboxylic acids is 2. The second-order valence-electron chi connectivity index (χ2n) is 7.39. The lowest BCUT2D eigenvalue weighted by molar-refractivity contribution is 0.0727. The third kappa shape index (κ3) is 4.22. The molecule has 2 amide bonds. The van der Waals surface area contributed by atoms with Gasteiger partial charge in [0, 0.05) is 25.0 Å². The van der Waals surface area contributed by atoms with Crippen LogP contribution in [0.3, 0.4) is 0 Å². The second kappa shape index (κ2) is 8.73. The van der Waals surface area contributed by atoms with Gasteiger partial charge in [0.1, 0.15) is 11.3 Å². The average molecular weight is 434 g/mol. The summed E-state index contributed by atoms with van der Waals surface area (Å²) in [6.07, 6.45) is 1.57. The van der Waals surface area contributed by atoms with E-state index >= 15 is 0 Å². The Morgan fingerprint density at radius 2 is 1.90 bits per heavy atom. The van der Waals surface area contributed by atoms with Gasteiger partial charge in [0.2, 0.25) is 0 Å². The minimum absolute atomic E-state index is 0.165. The Hall–Kier alpha value is -3.45. The molecule has 0 spiro atoms. The Morgan fingerprint density at radius 1 is 1.13 bits per heavy atom. The molecule has 2 heterocycles. The third-order valence-corrected chi connectivity index (χ3v) is 6.27. The highest BCUT2D eigenvalue weighted by atomic mass is 32.1. The number of benzene rings is 2. The molecule has 0 saturated carbocycles. The van der Waals surface area contributed by atoms with E-state index in [0.29, 0.717) is 23.4 Å². The summed E-state index contributed by atoms with van der Waals surface area (Å²) in [5.41, 5.74) is 2.63. The van der Waals surface area contributed by atoms with Crippen molar-refractivity contribution in [3.8, 4) is 10.4 Å². The number of fused-ring (bicyclic) bond motifs is 1. The monoisotopic (exact) mass is 433 g/mol. The maximum Gasteiger partial charge on any atom is 0.274 e. The van der Waals surface area contributed by atoms with Crippen LogP contribution in [0.5, 0.6) is 0 Å². The number of amides is 2. The van der Waals surface area contributed by atoms with Crippen LogP contribution in [-0.2, 0) is 0 Å². The fraction of sp³-hybridized carbons (Fsp3) is 0.208. The van der Waals surface area contributed by atoms with Gasteiger partial charge < -0.3 is 14.6 Å². The first kappa shape index (κ1) is 20.8. The van der Waals surface area contributed by atoms with Gasteiger partial charge in [-0.2, -0.15) is 0 Å². The maximum absolute atomic E-state index is 13.2. The zero-order valence-corrected chi connectivity index (χ0v) is 18.4. The van der Waals surface area contributed by atoms with Crippen molar-refractivity contribution in [2.75, 3.05) is 13.6 Å². The van der Waals surface area contributed by atoms with Crippen LogP contribution in [0.4, 0.5) is 0 Å². The summed E-state index contributed by atoms with van der Waals surface area (Å²) in [4.78, 5) is 32.9. The largest absolute Gasteiger partial charge is 0.464 e. The first-order valence-electron chi connectivity index (χ1n) is 10.00. The number of likely N-dealkylation sites (N-methyl/N-ethyl adjacent to an activating group) is 1. The highest BCUT2D eigenvalue weighted by Crippen LogP contribution is 2.31. The van der Waals surface area contributed by atoms with Crippen LogP contribution in [0, 0.1) is 6.92 Å². The summed E-state index contributed by atoms with van der Waals surface area (Å²) in [5, 5.41) is 4.53. The van der Waals surface area contributed by atoms with Crippen molar-refractivity contribution in [1.82, 2.24) is 15.2 Å². The van der Waals surface area contributed by atoms with Crippen LogP contribution >= 0.6 is 11.3 Å². The van der Waals surface area contributed by atoms with Crippen molar-refractivity contribution in [2.45, 2.75) is 19.9 Å². The van der Waals surface area contributed by atoms with E-state index < -0.39 is 0 Å². The van der Waals surface area contributed by atoms with Crippen molar-refractivity contribution in [2.24, 2.45) is 0 Å². The van der Waals surface area contributed by atoms with Gasteiger partial charge in [-0.05, 0) is 37.6 Å². The molecule has 4 rings (SSSR count). The lowest BCUT2D eigenvalue weighted by atomic mass is 10.1. The zero-order valence-electron chi connectivity index (χ0n) is 17.6. The van der Waals surface area contributed by atoms with Crippen molar-refractivity contribution in [3.63, 3.8) is 0 Å². The molecule has 0 unspecified atom stereocenters. The van der Waals surface area contributed by atoms with Gasteiger partial charge in [-0.15, -0.1) is 11.3 Å². The van der Waals surface area contributed by atoms with E-state index in [0.717, 1.165) is 20.8 Å². The number of carbonyl (C=O) groups is 2. The van der Waals surface area contributed by atoms with E-state index in [-0.39, 0.29) is 17.9 Å². The highest BCUT2D eigenvalue weighted by Gasteiger charge is 2.25. The van der Waals surface area contributed by atoms with Crippen LogP contribution in [0.25, 0.3) is 21.4 Å². The number of nitrogens with zero attached hydrogens (tertiary/aromatic N) is 2. The maximum atomic E-state index is 13.2. The smallest absolute Gasteiger partial charge is 0.274 e. The normalized spacial score (nSPS) is 12.0. The molecular formula is C24H23N3O3S. The number of hydrogen-bond donors (Lipinski definition) is 1. The molecule has 0 fully saturated rings. The summed E-state index contributed by atoms with van der Waals surface area (Å²) in [6.45, 7) is 4.12. The Bertz CT molecular complexity index is 1230. The Labute approximate surface area is 184 Å². The van der Waals surface area contributed by atoms with Crippen molar-refractivity contribution < 1.29 is 14.0 Å². The number of aromatic nitrogens is 1. The molecule has 2 aromatic heterocycles. The van der Waals surface area contributed by atoms with Crippen LogP contribution < -0.4 is 5.32 Å². The predicted octanol–water partition coefficient (Wildman–Crippen LogP) is 4.76. The molecule has 0 bridgehead atoms. The molecule has 6 nitrogen and oxygen atoms in total. The number of furan rings is 1. The summed E-state index contributed by atoms with van der Waals surface area (Å²) >= 11 is 1.51. The van der Waals surface area contributed by atoms with Gasteiger partial charge >= 0.3 is 0 Å². The van der Waals surface area contributed by atoms with Gasteiger partial charge in [-0.25, -0.2) is 4.98 Å². The molecule has 31 heavy (non-hydrogen) atoms. The molecule has 0 aliphatic heterocycles. The standard InChI is InChI=1S/C24H23N3O3S/c1-15(14-25-23(28)19-10-7-11-20-18(19)12-13-30-20)27(3)24(29)21-22(31-16(2)26-21)17-8-5-4-6-9-17/h4-13,15H,14H2,1-3H3,(H,25,28)/t15-/m0/s1. The first-order chi connectivity index (χ1) is 15.0. The molecular weight excluding hydrogens is 410 g/mol. The second-order valence-corrected chi connectivity index (χ2v) is 8.59. The van der Waals surface area contributed by atoms with Gasteiger partial charge in [-0.1, -0.05) is 36.4 Å². The lowest BCUT2D eigenvalue weighted by Gasteiger charge is -2.25. The first-order valence-corrected chi connectivity index (χ1v) is 10.8. The molecule has 0 radical (unpaired) electrons. The molecule has 0 aliphatic rings. The van der Waals surface area contributed by atoms with E-state index in [1.165, 1.54) is 11.3 Å². The molecule has 1 N–H and O–H groups in total. The van der Waals surface area contributed by atoms with Gasteiger partial charge in [0.25, 0.3) is 11.8 Å². The molecule has 1 atom stereocenters. The molecule has 2 aromatic carbocycles. The van der Waals surface area contributed by atoms with Gasteiger partial charge in [0.05, 0.1) is 21.7 Å². The zero-order chi connectivity index (χ0) is 22.0. The minimum Gasteiger partial charge on any atom is -0.464 e. The predicted molar refractivity (Wildman–Crippen MR) is 122 cm³/mol. The summed E-state index contributed by atoms with van der Waals surface area (Å²) in [5.74, 6) is -0.365. The molecule has 7 heteroatoms. The fourth-order valence-corrected chi connectivity index (χ4v) is 4.30. The fourth-order valence-electron chi connectivity index (χ4n) is 3.39. The van der Waals surface area contributed by atoms with Crippen LogP contribution in [0.2, 0.25) is 0 Å². The van der Waals surface area contributed by atoms with E-state index in [9.17, 15) is 9.59 Å². The highest BCUT2D eigenvalue weighted by molar-refractivity contribution is 7.15. The van der Waals surface area contributed by atoms with Gasteiger partial charge in [-0.3, -0.25) is 9.59 Å². The number of aryl methyl sites for hydroxylation is 1. The lowest BCUT2D eigenvalue weighted by Crippen LogP contribution is -2.43. The number of nitrogens with one attached hydrogen (secondary N) is 1. The summed E-state index contributed by atoms with van der Waals surface area (Å²) in [7, 11) is 1.74. The molecule has 0 aliphatic carbocycles. The molecule has 4 aromatic rings. The number of thiazole rings is 1. The van der Waals surface area contributed by atoms with Crippen LogP contribution in [-0.4, -0.2) is 41.3 Å². The minimum atomic E-state index is -0.217. The Kier molecular flexibility index (Phi) is 5.86. The third-order valence-electron chi connectivity index (χ3n) is 5.25. The van der Waals surface area contributed by atoms with Crippen LogP contribution in [0.15, 0.2) is 65.3 Å². The Balaban J connectivity index is 1.46. The molecule has 0 saturated heterocycles. The molecule has 158 valence electrons. The quantitative estimate of drug-likeness (QED) is 0.476. The number of rotatable bonds is 6. The topological polar surface area (TPSA) is 75.4 Å². The van der Waals surface area contributed by atoms with Crippen molar-refractivity contribution >= 4 is 34.1 Å². The Morgan fingerprint density at radius 3 is 2.68 bits per heavy atom. The van der Waals surface area contributed by atoms with E-state index in [2.05, 4.69) is 10.3 Å². The SMILES string of the molecule is Cc1nc(C(=O)N(C)[C@@H](C)CNC(=O)c2cccc3occc23)c(-c2ccccc2)s1. The van der Waals surface area contributed by atoms with E-state index in [1.54, 1.807) is 36.4 Å². The summed E-state index contributed by atoms with van der Waals surface area (Å²) in [6, 6.07) is 16.7.